The molecule has 1 aliphatic heterocycles. The third kappa shape index (κ3) is 2.12. The molecule has 2 atom stereocenters. The molecule has 0 unspecified atom stereocenters. The highest BCUT2D eigenvalue weighted by atomic mass is 16.5. The molecule has 58 valence electrons. The first-order valence-electron chi connectivity index (χ1n) is 3.73. The lowest BCUT2D eigenvalue weighted by Crippen LogP contribution is -2.19. The lowest BCUT2D eigenvalue weighted by Gasteiger charge is -2.20. The van der Waals surface area contributed by atoms with Crippen molar-refractivity contribution in [2.75, 3.05) is 13.2 Å². The first-order chi connectivity index (χ1) is 4.83. The largest absolute Gasteiger partial charge is 0.396 e. The third-order valence-corrected chi connectivity index (χ3v) is 1.73. The molecule has 0 aliphatic carbocycles. The molecule has 1 aliphatic rings. The molecule has 0 aromatic rings. The van der Waals surface area contributed by atoms with Crippen molar-refractivity contribution in [2.24, 2.45) is 5.92 Å². The van der Waals surface area contributed by atoms with Gasteiger partial charge < -0.3 is 9.84 Å². The van der Waals surface area contributed by atoms with Crippen molar-refractivity contribution in [1.29, 1.82) is 0 Å². The molecular weight excluding hydrogens is 128 g/mol. The van der Waals surface area contributed by atoms with Gasteiger partial charge in [0, 0.05) is 12.5 Å². The molecule has 2 nitrogen and oxygen atoms in total. The van der Waals surface area contributed by atoms with Crippen LogP contribution < -0.4 is 0 Å². The number of hydrogen-bond donors (Lipinski definition) is 1. The Balaban J connectivity index is 2.30. The van der Waals surface area contributed by atoms with Crippen LogP contribution in [0.15, 0.2) is 12.2 Å². The van der Waals surface area contributed by atoms with E-state index in [0.29, 0.717) is 5.92 Å². The van der Waals surface area contributed by atoms with Crippen molar-refractivity contribution < 1.29 is 9.84 Å². The second-order valence-electron chi connectivity index (χ2n) is 2.70. The minimum absolute atomic E-state index is 0.257. The quantitative estimate of drug-likeness (QED) is 0.582. The van der Waals surface area contributed by atoms with Crippen LogP contribution in [-0.2, 0) is 4.74 Å². The summed E-state index contributed by atoms with van der Waals surface area (Å²) in [6, 6.07) is 0. The van der Waals surface area contributed by atoms with E-state index in [1.807, 2.05) is 13.0 Å². The molecule has 0 aromatic carbocycles. The van der Waals surface area contributed by atoms with Crippen molar-refractivity contribution in [1.82, 2.24) is 0 Å². The van der Waals surface area contributed by atoms with Crippen LogP contribution in [0.1, 0.15) is 13.3 Å². The van der Waals surface area contributed by atoms with Crippen LogP contribution in [0.25, 0.3) is 0 Å². The molecule has 0 aromatic heterocycles. The number of hydrogen-bond acceptors (Lipinski definition) is 2. The molecule has 0 saturated carbocycles. The number of aliphatic hydroxyl groups excluding tert-OH is 1. The summed E-state index contributed by atoms with van der Waals surface area (Å²) >= 11 is 0. The van der Waals surface area contributed by atoms with E-state index in [0.717, 1.165) is 13.0 Å². The predicted octanol–water partition coefficient (Wildman–Crippen LogP) is 0.960. The normalized spacial score (nSPS) is 32.6. The SMILES string of the molecule is C[C@@H]1C=C[C@H](CCO)CO1. The standard InChI is InChI=1S/C8H14O2/c1-7-2-3-8(4-5-9)6-10-7/h2-3,7-9H,4-6H2,1H3/t7-,8-/m1/s1. The van der Waals surface area contributed by atoms with Gasteiger partial charge >= 0.3 is 0 Å². The molecular formula is C8H14O2. The van der Waals surface area contributed by atoms with Crippen LogP contribution >= 0.6 is 0 Å². The molecule has 0 bridgehead atoms. The van der Waals surface area contributed by atoms with Crippen LogP contribution in [0.4, 0.5) is 0 Å². The van der Waals surface area contributed by atoms with E-state index in [2.05, 4.69) is 6.08 Å². The maximum Gasteiger partial charge on any atom is 0.0728 e. The smallest absolute Gasteiger partial charge is 0.0728 e. The zero-order valence-corrected chi connectivity index (χ0v) is 6.29. The van der Waals surface area contributed by atoms with Crippen molar-refractivity contribution in [3.8, 4) is 0 Å². The summed E-state index contributed by atoms with van der Waals surface area (Å²) in [5.41, 5.74) is 0. The minimum Gasteiger partial charge on any atom is -0.396 e. The fourth-order valence-corrected chi connectivity index (χ4v) is 1.05. The van der Waals surface area contributed by atoms with Gasteiger partial charge in [-0.05, 0) is 13.3 Å². The summed E-state index contributed by atoms with van der Waals surface area (Å²) in [6.45, 7) is 3.04. The van der Waals surface area contributed by atoms with E-state index >= 15 is 0 Å². The molecule has 1 heterocycles. The molecule has 1 rings (SSSR count). The van der Waals surface area contributed by atoms with Gasteiger partial charge in [-0.3, -0.25) is 0 Å². The molecule has 1 N–H and O–H groups in total. The highest BCUT2D eigenvalue weighted by molar-refractivity contribution is 4.96. The second-order valence-corrected chi connectivity index (χ2v) is 2.70. The zero-order chi connectivity index (χ0) is 7.40. The first-order valence-corrected chi connectivity index (χ1v) is 3.73. The van der Waals surface area contributed by atoms with E-state index in [4.69, 9.17) is 9.84 Å². The Bertz CT molecular complexity index is 120. The fourth-order valence-electron chi connectivity index (χ4n) is 1.05. The molecule has 0 saturated heterocycles. The van der Waals surface area contributed by atoms with E-state index in [1.54, 1.807) is 0 Å². The summed E-state index contributed by atoms with van der Waals surface area (Å²) in [7, 11) is 0. The molecule has 0 fully saturated rings. The molecule has 0 radical (unpaired) electrons. The molecule has 2 heteroatoms. The first kappa shape index (κ1) is 7.76. The van der Waals surface area contributed by atoms with Gasteiger partial charge in [-0.1, -0.05) is 12.2 Å². The summed E-state index contributed by atoms with van der Waals surface area (Å²) < 4.78 is 5.35. The number of rotatable bonds is 2. The van der Waals surface area contributed by atoms with Gasteiger partial charge in [0.25, 0.3) is 0 Å². The Labute approximate surface area is 61.5 Å². The van der Waals surface area contributed by atoms with Crippen LogP contribution in [-0.4, -0.2) is 24.4 Å². The zero-order valence-electron chi connectivity index (χ0n) is 6.29. The number of aliphatic hydroxyl groups is 1. The van der Waals surface area contributed by atoms with Crippen LogP contribution in [0.3, 0.4) is 0 Å². The van der Waals surface area contributed by atoms with Crippen molar-refractivity contribution >= 4 is 0 Å². The lowest BCUT2D eigenvalue weighted by atomic mass is 10.0. The van der Waals surface area contributed by atoms with Gasteiger partial charge in [0.05, 0.1) is 12.7 Å². The number of ether oxygens (including phenoxy) is 1. The highest BCUT2D eigenvalue weighted by Crippen LogP contribution is 2.13. The van der Waals surface area contributed by atoms with Crippen LogP contribution in [0, 0.1) is 5.92 Å². The average molecular weight is 142 g/mol. The Kier molecular flexibility index (Phi) is 2.90. The summed E-state index contributed by atoms with van der Waals surface area (Å²) in [5.74, 6) is 0.432. The molecule has 0 spiro atoms. The maximum atomic E-state index is 8.59. The third-order valence-electron chi connectivity index (χ3n) is 1.73. The summed E-state index contributed by atoms with van der Waals surface area (Å²) in [4.78, 5) is 0. The van der Waals surface area contributed by atoms with Crippen molar-refractivity contribution in [3.63, 3.8) is 0 Å². The van der Waals surface area contributed by atoms with Gasteiger partial charge in [-0.15, -0.1) is 0 Å². The Morgan fingerprint density at radius 3 is 2.90 bits per heavy atom. The monoisotopic (exact) mass is 142 g/mol. The van der Waals surface area contributed by atoms with Crippen LogP contribution in [0.2, 0.25) is 0 Å². The Morgan fingerprint density at radius 1 is 1.60 bits per heavy atom. The lowest BCUT2D eigenvalue weighted by molar-refractivity contribution is 0.0597. The predicted molar refractivity (Wildman–Crippen MR) is 39.7 cm³/mol. The van der Waals surface area contributed by atoms with E-state index in [-0.39, 0.29) is 12.7 Å². The van der Waals surface area contributed by atoms with Gasteiger partial charge in [-0.25, -0.2) is 0 Å². The Morgan fingerprint density at radius 2 is 2.40 bits per heavy atom. The average Bonchev–Trinajstić information content (AvgIpc) is 1.95. The molecule has 0 amide bonds. The van der Waals surface area contributed by atoms with Gasteiger partial charge in [0.15, 0.2) is 0 Å². The van der Waals surface area contributed by atoms with E-state index < -0.39 is 0 Å². The van der Waals surface area contributed by atoms with Crippen LogP contribution in [0.5, 0.6) is 0 Å². The van der Waals surface area contributed by atoms with Crippen molar-refractivity contribution in [3.05, 3.63) is 12.2 Å². The van der Waals surface area contributed by atoms with Gasteiger partial charge in [0.2, 0.25) is 0 Å². The van der Waals surface area contributed by atoms with E-state index in [9.17, 15) is 0 Å². The topological polar surface area (TPSA) is 29.5 Å². The second kappa shape index (κ2) is 3.74. The van der Waals surface area contributed by atoms with Crippen molar-refractivity contribution in [2.45, 2.75) is 19.4 Å². The van der Waals surface area contributed by atoms with E-state index in [1.165, 1.54) is 0 Å². The minimum atomic E-state index is 0.257. The maximum absolute atomic E-state index is 8.59. The Hall–Kier alpha value is -0.340. The van der Waals surface area contributed by atoms with Gasteiger partial charge in [0.1, 0.15) is 0 Å². The summed E-state index contributed by atoms with van der Waals surface area (Å²) in [6.07, 6.45) is 5.26. The molecule has 10 heavy (non-hydrogen) atoms. The highest BCUT2D eigenvalue weighted by Gasteiger charge is 2.11. The van der Waals surface area contributed by atoms with Gasteiger partial charge in [-0.2, -0.15) is 0 Å². The fraction of sp³-hybridized carbons (Fsp3) is 0.750. The summed E-state index contributed by atoms with van der Waals surface area (Å²) in [5, 5.41) is 8.59.